The van der Waals surface area contributed by atoms with Gasteiger partial charge in [-0.2, -0.15) is 0 Å². The van der Waals surface area contributed by atoms with Crippen molar-refractivity contribution in [3.8, 4) is 0 Å². The van der Waals surface area contributed by atoms with E-state index in [1.54, 1.807) is 24.5 Å². The lowest BCUT2D eigenvalue weighted by Crippen LogP contribution is -2.21. The lowest BCUT2D eigenvalue weighted by molar-refractivity contribution is 0.325. The third kappa shape index (κ3) is 4.01. The molecule has 0 spiro atoms. The Hall–Kier alpha value is -1.45. The van der Waals surface area contributed by atoms with Crippen LogP contribution in [0.2, 0.25) is 5.02 Å². The lowest BCUT2D eigenvalue weighted by Gasteiger charge is -2.17. The molecule has 0 atom stereocenters. The number of nitrogens with zero attached hydrogens (tertiary/aromatic N) is 2. The summed E-state index contributed by atoms with van der Waals surface area (Å²) >= 11 is 6.02. The van der Waals surface area contributed by atoms with E-state index >= 15 is 0 Å². The normalized spacial score (nSPS) is 10.9. The van der Waals surface area contributed by atoms with E-state index < -0.39 is 0 Å². The number of aromatic nitrogens is 1. The van der Waals surface area contributed by atoms with Gasteiger partial charge in [-0.05, 0) is 43.3 Å². The maximum Gasteiger partial charge on any atom is 0.129 e. The van der Waals surface area contributed by atoms with Gasteiger partial charge < -0.3 is 4.90 Å². The van der Waals surface area contributed by atoms with Gasteiger partial charge in [-0.15, -0.1) is 0 Å². The van der Waals surface area contributed by atoms with E-state index in [9.17, 15) is 4.39 Å². The van der Waals surface area contributed by atoms with Crippen LogP contribution in [-0.2, 0) is 13.0 Å². The van der Waals surface area contributed by atoms with E-state index in [-0.39, 0.29) is 5.82 Å². The molecule has 0 aliphatic carbocycles. The zero-order chi connectivity index (χ0) is 13.7. The van der Waals surface area contributed by atoms with E-state index in [0.29, 0.717) is 17.1 Å². The van der Waals surface area contributed by atoms with Gasteiger partial charge in [-0.1, -0.05) is 17.7 Å². The molecule has 2 nitrogen and oxygen atoms in total. The molecule has 0 aliphatic rings. The zero-order valence-corrected chi connectivity index (χ0v) is 11.6. The fraction of sp³-hybridized carbons (Fsp3) is 0.267. The molecule has 0 fully saturated rings. The van der Waals surface area contributed by atoms with Crippen LogP contribution >= 0.6 is 11.6 Å². The molecule has 4 heteroatoms. The number of hydrogen-bond donors (Lipinski definition) is 0. The van der Waals surface area contributed by atoms with Crippen molar-refractivity contribution in [1.29, 1.82) is 0 Å². The van der Waals surface area contributed by atoms with Crippen LogP contribution in [-0.4, -0.2) is 23.5 Å². The fourth-order valence-corrected chi connectivity index (χ4v) is 2.12. The smallest absolute Gasteiger partial charge is 0.129 e. The molecular formula is C15H16ClFN2. The number of pyridine rings is 1. The maximum atomic E-state index is 13.7. The van der Waals surface area contributed by atoms with Crippen LogP contribution < -0.4 is 0 Å². The number of likely N-dealkylation sites (N-methyl/N-ethyl adjacent to an activating group) is 1. The summed E-state index contributed by atoms with van der Waals surface area (Å²) in [6, 6.07) is 8.76. The second kappa shape index (κ2) is 6.64. The average Bonchev–Trinajstić information content (AvgIpc) is 2.42. The highest BCUT2D eigenvalue weighted by Crippen LogP contribution is 2.20. The number of benzene rings is 1. The van der Waals surface area contributed by atoms with Crippen molar-refractivity contribution in [3.63, 3.8) is 0 Å². The first-order chi connectivity index (χ1) is 9.16. The Labute approximate surface area is 117 Å². The minimum Gasteiger partial charge on any atom is -0.302 e. The van der Waals surface area contributed by atoms with Crippen molar-refractivity contribution in [2.45, 2.75) is 13.0 Å². The van der Waals surface area contributed by atoms with Gasteiger partial charge in [0.05, 0.1) is 0 Å². The standard InChI is InChI=1S/C15H16ClFN2/c1-19(10-7-12-5-8-18-9-6-12)11-13-14(16)3-2-4-15(13)17/h2-6,8-9H,7,10-11H2,1H3. The summed E-state index contributed by atoms with van der Waals surface area (Å²) in [7, 11) is 1.96. The minimum absolute atomic E-state index is 0.247. The molecule has 2 aromatic rings. The van der Waals surface area contributed by atoms with Crippen molar-refractivity contribution in [2.24, 2.45) is 0 Å². The molecule has 0 unspecified atom stereocenters. The van der Waals surface area contributed by atoms with E-state index in [1.165, 1.54) is 11.6 Å². The molecule has 1 aromatic carbocycles. The highest BCUT2D eigenvalue weighted by atomic mass is 35.5. The van der Waals surface area contributed by atoms with Crippen LogP contribution in [0.15, 0.2) is 42.7 Å². The van der Waals surface area contributed by atoms with Crippen LogP contribution in [0.1, 0.15) is 11.1 Å². The second-order valence-corrected chi connectivity index (χ2v) is 4.95. The first kappa shape index (κ1) is 14.0. The van der Waals surface area contributed by atoms with Crippen LogP contribution in [0.5, 0.6) is 0 Å². The highest BCUT2D eigenvalue weighted by Gasteiger charge is 2.09. The van der Waals surface area contributed by atoms with Crippen molar-refractivity contribution >= 4 is 11.6 Å². The Kier molecular flexibility index (Phi) is 4.88. The van der Waals surface area contributed by atoms with Gasteiger partial charge in [0.1, 0.15) is 5.82 Å². The van der Waals surface area contributed by atoms with Gasteiger partial charge in [0.25, 0.3) is 0 Å². The molecule has 1 aromatic heterocycles. The SMILES string of the molecule is CN(CCc1ccncc1)Cc1c(F)cccc1Cl. The van der Waals surface area contributed by atoms with Crippen molar-refractivity contribution in [2.75, 3.05) is 13.6 Å². The predicted octanol–water partition coefficient (Wildman–Crippen LogP) is 3.55. The third-order valence-corrected chi connectivity index (χ3v) is 3.38. The number of halogens is 2. The Bertz CT molecular complexity index is 511. The average molecular weight is 279 g/mol. The van der Waals surface area contributed by atoms with Gasteiger partial charge in [0, 0.05) is 36.1 Å². The third-order valence-electron chi connectivity index (χ3n) is 3.02. The van der Waals surface area contributed by atoms with Crippen LogP contribution in [0, 0.1) is 5.82 Å². The molecular weight excluding hydrogens is 263 g/mol. The van der Waals surface area contributed by atoms with Gasteiger partial charge in [0.15, 0.2) is 0 Å². The first-order valence-electron chi connectivity index (χ1n) is 6.17. The Morgan fingerprint density at radius 1 is 1.21 bits per heavy atom. The van der Waals surface area contributed by atoms with Gasteiger partial charge in [0.2, 0.25) is 0 Å². The summed E-state index contributed by atoms with van der Waals surface area (Å²) in [4.78, 5) is 6.04. The monoisotopic (exact) mass is 278 g/mol. The summed E-state index contributed by atoms with van der Waals surface area (Å²) in [5.74, 6) is -0.247. The maximum absolute atomic E-state index is 13.7. The summed E-state index contributed by atoms with van der Waals surface area (Å²) in [6.07, 6.45) is 4.47. The second-order valence-electron chi connectivity index (χ2n) is 4.54. The zero-order valence-electron chi connectivity index (χ0n) is 10.8. The topological polar surface area (TPSA) is 16.1 Å². The quantitative estimate of drug-likeness (QED) is 0.831. The summed E-state index contributed by atoms with van der Waals surface area (Å²) in [5.41, 5.74) is 1.78. The molecule has 0 bridgehead atoms. The predicted molar refractivity (Wildman–Crippen MR) is 75.7 cm³/mol. The highest BCUT2D eigenvalue weighted by molar-refractivity contribution is 6.31. The fourth-order valence-electron chi connectivity index (χ4n) is 1.90. The molecule has 0 aliphatic heterocycles. The summed E-state index contributed by atoms with van der Waals surface area (Å²) in [5, 5.41) is 0.482. The number of hydrogen-bond acceptors (Lipinski definition) is 2. The minimum atomic E-state index is -0.247. The molecule has 0 saturated carbocycles. The van der Waals surface area contributed by atoms with Crippen molar-refractivity contribution in [3.05, 3.63) is 64.7 Å². The Morgan fingerprint density at radius 2 is 1.95 bits per heavy atom. The molecule has 100 valence electrons. The van der Waals surface area contributed by atoms with Crippen molar-refractivity contribution < 1.29 is 4.39 Å². The molecule has 0 radical (unpaired) electrons. The van der Waals surface area contributed by atoms with Gasteiger partial charge in [-0.3, -0.25) is 4.98 Å². The van der Waals surface area contributed by atoms with E-state index in [0.717, 1.165) is 13.0 Å². The van der Waals surface area contributed by atoms with Crippen LogP contribution in [0.3, 0.4) is 0 Å². The molecule has 19 heavy (non-hydrogen) atoms. The lowest BCUT2D eigenvalue weighted by atomic mass is 10.1. The molecule has 0 saturated heterocycles. The molecule has 1 heterocycles. The van der Waals surface area contributed by atoms with Crippen LogP contribution in [0.25, 0.3) is 0 Å². The largest absolute Gasteiger partial charge is 0.302 e. The summed E-state index contributed by atoms with van der Waals surface area (Å²) in [6.45, 7) is 1.35. The molecule has 0 N–H and O–H groups in total. The van der Waals surface area contributed by atoms with E-state index in [1.807, 2.05) is 19.2 Å². The Morgan fingerprint density at radius 3 is 2.63 bits per heavy atom. The molecule has 2 rings (SSSR count). The Balaban J connectivity index is 1.93. The molecule has 0 amide bonds. The number of rotatable bonds is 5. The first-order valence-corrected chi connectivity index (χ1v) is 6.55. The summed E-state index contributed by atoms with van der Waals surface area (Å²) < 4.78 is 13.7. The van der Waals surface area contributed by atoms with Crippen molar-refractivity contribution in [1.82, 2.24) is 9.88 Å². The van der Waals surface area contributed by atoms with Gasteiger partial charge >= 0.3 is 0 Å². The van der Waals surface area contributed by atoms with Crippen LogP contribution in [0.4, 0.5) is 4.39 Å². The van der Waals surface area contributed by atoms with E-state index in [2.05, 4.69) is 9.88 Å². The van der Waals surface area contributed by atoms with Gasteiger partial charge in [-0.25, -0.2) is 4.39 Å². The van der Waals surface area contributed by atoms with E-state index in [4.69, 9.17) is 11.6 Å².